The van der Waals surface area contributed by atoms with Crippen molar-refractivity contribution in [2.24, 2.45) is 0 Å². The van der Waals surface area contributed by atoms with Gasteiger partial charge in [0.2, 0.25) is 0 Å². The van der Waals surface area contributed by atoms with Gasteiger partial charge >= 0.3 is 5.97 Å². The monoisotopic (exact) mass is 268 g/mol. The van der Waals surface area contributed by atoms with Gasteiger partial charge in [-0.1, -0.05) is 23.7 Å². The van der Waals surface area contributed by atoms with Crippen molar-refractivity contribution < 1.29 is 9.90 Å². The molecule has 0 spiro atoms. The van der Waals surface area contributed by atoms with E-state index in [-0.39, 0.29) is 5.69 Å². The molecule has 0 aliphatic carbocycles. The molecule has 1 aromatic heterocycles. The summed E-state index contributed by atoms with van der Waals surface area (Å²) in [5.41, 5.74) is 0.0970. The summed E-state index contributed by atoms with van der Waals surface area (Å²) in [6.45, 7) is 0. The first-order valence-electron chi connectivity index (χ1n) is 4.81. The molecule has 88 valence electrons. The Labute approximate surface area is 107 Å². The number of rotatable bonds is 4. The van der Waals surface area contributed by atoms with Gasteiger partial charge in [-0.15, -0.1) is 11.8 Å². The van der Waals surface area contributed by atoms with E-state index in [1.54, 1.807) is 0 Å². The molecule has 0 saturated carbocycles. The minimum atomic E-state index is -1.01. The van der Waals surface area contributed by atoms with Gasteiger partial charge in [-0.25, -0.2) is 9.78 Å². The molecule has 2 aromatic rings. The van der Waals surface area contributed by atoms with Crippen molar-refractivity contribution >= 4 is 29.3 Å². The van der Waals surface area contributed by atoms with E-state index < -0.39 is 5.97 Å². The lowest BCUT2D eigenvalue weighted by Crippen LogP contribution is -1.96. The Morgan fingerprint density at radius 3 is 2.88 bits per heavy atom. The fourth-order valence-electron chi connectivity index (χ4n) is 1.25. The number of aromatic carboxylic acids is 1. The molecule has 0 aliphatic rings. The third-order valence-corrected chi connectivity index (χ3v) is 3.59. The number of halogens is 1. The summed E-state index contributed by atoms with van der Waals surface area (Å²) in [6.07, 6.45) is 1.31. The average molecular weight is 269 g/mol. The van der Waals surface area contributed by atoms with E-state index in [9.17, 15) is 4.79 Å². The summed E-state index contributed by atoms with van der Waals surface area (Å²) in [7, 11) is 0. The molecule has 2 rings (SSSR count). The summed E-state index contributed by atoms with van der Waals surface area (Å²) >= 11 is 7.51. The zero-order chi connectivity index (χ0) is 12.3. The lowest BCUT2D eigenvalue weighted by molar-refractivity contribution is 0.0691. The van der Waals surface area contributed by atoms with Crippen LogP contribution in [-0.2, 0) is 5.75 Å². The lowest BCUT2D eigenvalue weighted by atomic mass is 10.4. The summed E-state index contributed by atoms with van der Waals surface area (Å²) in [4.78, 5) is 18.3. The van der Waals surface area contributed by atoms with Crippen LogP contribution >= 0.6 is 23.4 Å². The fourth-order valence-corrected chi connectivity index (χ4v) is 2.37. The quantitative estimate of drug-likeness (QED) is 0.837. The van der Waals surface area contributed by atoms with Gasteiger partial charge in [0, 0.05) is 4.90 Å². The number of benzene rings is 1. The van der Waals surface area contributed by atoms with Crippen LogP contribution in [0.15, 0.2) is 35.4 Å². The van der Waals surface area contributed by atoms with Crippen LogP contribution in [-0.4, -0.2) is 21.0 Å². The van der Waals surface area contributed by atoms with Gasteiger partial charge < -0.3 is 10.1 Å². The molecule has 0 bridgehead atoms. The van der Waals surface area contributed by atoms with E-state index in [4.69, 9.17) is 16.7 Å². The minimum absolute atomic E-state index is 0.0970. The first-order valence-corrected chi connectivity index (χ1v) is 6.17. The zero-order valence-corrected chi connectivity index (χ0v) is 10.3. The van der Waals surface area contributed by atoms with E-state index in [0.717, 1.165) is 4.90 Å². The number of carboxylic acid groups (broad SMARTS) is 1. The van der Waals surface area contributed by atoms with Crippen molar-refractivity contribution in [1.82, 2.24) is 9.97 Å². The Morgan fingerprint density at radius 1 is 1.47 bits per heavy atom. The van der Waals surface area contributed by atoms with Crippen molar-refractivity contribution in [2.75, 3.05) is 0 Å². The largest absolute Gasteiger partial charge is 0.477 e. The maximum Gasteiger partial charge on any atom is 0.353 e. The smallest absolute Gasteiger partial charge is 0.353 e. The Balaban J connectivity index is 2.02. The molecule has 0 unspecified atom stereocenters. The number of aromatic nitrogens is 2. The molecule has 4 nitrogen and oxygen atoms in total. The maximum absolute atomic E-state index is 10.6. The fraction of sp³-hybridized carbons (Fsp3) is 0.0909. The summed E-state index contributed by atoms with van der Waals surface area (Å²) in [5, 5.41) is 9.41. The number of aromatic amines is 1. The van der Waals surface area contributed by atoms with Gasteiger partial charge in [0.25, 0.3) is 0 Å². The van der Waals surface area contributed by atoms with Gasteiger partial charge in [0.05, 0.1) is 17.0 Å². The molecule has 0 atom stereocenters. The lowest BCUT2D eigenvalue weighted by Gasteiger charge is -2.01. The summed E-state index contributed by atoms with van der Waals surface area (Å²) < 4.78 is 0. The molecule has 0 saturated heterocycles. The predicted octanol–water partition coefficient (Wildman–Crippen LogP) is 3.05. The summed E-state index contributed by atoms with van der Waals surface area (Å²) in [6, 6.07) is 7.49. The molecule has 0 radical (unpaired) electrons. The van der Waals surface area contributed by atoms with E-state index >= 15 is 0 Å². The van der Waals surface area contributed by atoms with Crippen LogP contribution in [0.1, 0.15) is 16.3 Å². The highest BCUT2D eigenvalue weighted by Gasteiger charge is 2.08. The highest BCUT2D eigenvalue weighted by molar-refractivity contribution is 7.98. The van der Waals surface area contributed by atoms with Crippen LogP contribution in [0.3, 0.4) is 0 Å². The predicted molar refractivity (Wildman–Crippen MR) is 66.6 cm³/mol. The second kappa shape index (κ2) is 5.25. The van der Waals surface area contributed by atoms with E-state index in [1.807, 2.05) is 24.3 Å². The van der Waals surface area contributed by atoms with Gasteiger partial charge in [-0.05, 0) is 12.1 Å². The van der Waals surface area contributed by atoms with Gasteiger partial charge in [-0.3, -0.25) is 0 Å². The van der Waals surface area contributed by atoms with Crippen LogP contribution in [0.4, 0.5) is 0 Å². The van der Waals surface area contributed by atoms with Crippen molar-refractivity contribution in [2.45, 2.75) is 10.6 Å². The second-order valence-electron chi connectivity index (χ2n) is 3.27. The van der Waals surface area contributed by atoms with E-state index in [1.165, 1.54) is 18.0 Å². The Morgan fingerprint density at radius 2 is 2.24 bits per heavy atom. The molecule has 17 heavy (non-hydrogen) atoms. The van der Waals surface area contributed by atoms with Crippen molar-refractivity contribution in [3.05, 3.63) is 47.0 Å². The average Bonchev–Trinajstić information content (AvgIpc) is 2.77. The summed E-state index contributed by atoms with van der Waals surface area (Å²) in [5.74, 6) is 0.163. The highest BCUT2D eigenvalue weighted by Crippen LogP contribution is 2.28. The molecule has 0 fully saturated rings. The number of nitrogens with one attached hydrogen (secondary N) is 1. The molecule has 1 heterocycles. The normalized spacial score (nSPS) is 10.4. The number of carboxylic acids is 1. The second-order valence-corrected chi connectivity index (χ2v) is 4.69. The molecule has 0 amide bonds. The SMILES string of the molecule is O=C(O)c1cnc(CSc2ccccc2Cl)[nH]1. The van der Waals surface area contributed by atoms with Gasteiger partial charge in [0.1, 0.15) is 11.5 Å². The van der Waals surface area contributed by atoms with E-state index in [2.05, 4.69) is 9.97 Å². The number of thioether (sulfide) groups is 1. The number of imidazole rings is 1. The number of hydrogen-bond acceptors (Lipinski definition) is 3. The Bertz CT molecular complexity index is 542. The molecule has 2 N–H and O–H groups in total. The number of carbonyl (C=O) groups is 1. The van der Waals surface area contributed by atoms with Gasteiger partial charge in [0.15, 0.2) is 0 Å². The van der Waals surface area contributed by atoms with Crippen molar-refractivity contribution in [3.8, 4) is 0 Å². The molecule has 1 aromatic carbocycles. The van der Waals surface area contributed by atoms with Crippen molar-refractivity contribution in [1.29, 1.82) is 0 Å². The highest BCUT2D eigenvalue weighted by atomic mass is 35.5. The van der Waals surface area contributed by atoms with Crippen LogP contribution in [0.5, 0.6) is 0 Å². The molecule has 0 aliphatic heterocycles. The van der Waals surface area contributed by atoms with E-state index in [0.29, 0.717) is 16.6 Å². The number of hydrogen-bond donors (Lipinski definition) is 2. The first-order chi connectivity index (χ1) is 8.16. The topological polar surface area (TPSA) is 66.0 Å². The Hall–Kier alpha value is -1.46. The first kappa shape index (κ1) is 12.0. The molecular formula is C11H9ClN2O2S. The van der Waals surface area contributed by atoms with Crippen LogP contribution in [0, 0.1) is 0 Å². The Kier molecular flexibility index (Phi) is 3.71. The number of nitrogens with zero attached hydrogens (tertiary/aromatic N) is 1. The minimum Gasteiger partial charge on any atom is -0.477 e. The zero-order valence-electron chi connectivity index (χ0n) is 8.68. The van der Waals surface area contributed by atoms with Crippen LogP contribution < -0.4 is 0 Å². The van der Waals surface area contributed by atoms with Crippen LogP contribution in [0.2, 0.25) is 5.02 Å². The maximum atomic E-state index is 10.6. The van der Waals surface area contributed by atoms with Crippen molar-refractivity contribution in [3.63, 3.8) is 0 Å². The van der Waals surface area contributed by atoms with Gasteiger partial charge in [-0.2, -0.15) is 0 Å². The molecular weight excluding hydrogens is 260 g/mol. The number of H-pyrrole nitrogens is 1. The molecule has 6 heteroatoms. The third kappa shape index (κ3) is 3.01. The van der Waals surface area contributed by atoms with Crippen LogP contribution in [0.25, 0.3) is 0 Å². The standard InChI is InChI=1S/C11H9ClN2O2S/c12-7-3-1-2-4-9(7)17-6-10-13-5-8(14-10)11(15)16/h1-5H,6H2,(H,13,14)(H,15,16). The third-order valence-electron chi connectivity index (χ3n) is 2.06.